The molecule has 3 N–H and O–H groups in total. The number of nitrogens with two attached hydrogens (primary N) is 1. The molecular weight excluding hydrogens is 278 g/mol. The van der Waals surface area contributed by atoms with Crippen molar-refractivity contribution in [3.05, 3.63) is 35.9 Å². The van der Waals surface area contributed by atoms with Gasteiger partial charge in [-0.15, -0.1) is 0 Å². The van der Waals surface area contributed by atoms with Gasteiger partial charge in [-0.05, 0) is 30.9 Å². The van der Waals surface area contributed by atoms with Crippen LogP contribution in [0.4, 0.5) is 0 Å². The van der Waals surface area contributed by atoms with Crippen LogP contribution >= 0.6 is 0 Å². The molecule has 1 aliphatic heterocycles. The quantitative estimate of drug-likeness (QED) is 0.804. The van der Waals surface area contributed by atoms with Gasteiger partial charge in [0, 0.05) is 26.1 Å². The van der Waals surface area contributed by atoms with Crippen molar-refractivity contribution < 1.29 is 9.59 Å². The number of nitrogens with zero attached hydrogens (tertiary/aromatic N) is 1. The monoisotopic (exact) mass is 301 g/mol. The fraction of sp³-hybridized carbons (Fsp3) is 0.529. The third kappa shape index (κ3) is 2.39. The highest BCUT2D eigenvalue weighted by molar-refractivity contribution is 6.07. The number of likely N-dealkylation sites (tertiary alicyclic amines) is 1. The third-order valence-electron chi connectivity index (χ3n) is 5.08. The minimum absolute atomic E-state index is 0.0243. The Morgan fingerprint density at radius 2 is 1.95 bits per heavy atom. The lowest BCUT2D eigenvalue weighted by Gasteiger charge is -2.22. The van der Waals surface area contributed by atoms with E-state index in [2.05, 4.69) is 17.4 Å². The largest absolute Gasteiger partial charge is 0.358 e. The lowest BCUT2D eigenvalue weighted by atomic mass is 9.89. The zero-order chi connectivity index (χ0) is 15.7. The summed E-state index contributed by atoms with van der Waals surface area (Å²) in [6, 6.07) is 10.2. The van der Waals surface area contributed by atoms with Gasteiger partial charge in [-0.2, -0.15) is 0 Å². The molecule has 0 bridgehead atoms. The first kappa shape index (κ1) is 15.0. The smallest absolute Gasteiger partial charge is 0.238 e. The average molecular weight is 301 g/mol. The third-order valence-corrected chi connectivity index (χ3v) is 5.08. The molecule has 1 saturated heterocycles. The summed E-state index contributed by atoms with van der Waals surface area (Å²) in [5.41, 5.74) is 6.33. The zero-order valence-electron chi connectivity index (χ0n) is 12.9. The maximum Gasteiger partial charge on any atom is 0.238 e. The molecule has 0 aromatic heterocycles. The Labute approximate surface area is 130 Å². The van der Waals surface area contributed by atoms with Gasteiger partial charge in [-0.25, -0.2) is 0 Å². The van der Waals surface area contributed by atoms with E-state index in [0.717, 1.165) is 0 Å². The van der Waals surface area contributed by atoms with Crippen molar-refractivity contribution in [2.75, 3.05) is 26.7 Å². The predicted molar refractivity (Wildman–Crippen MR) is 84.0 cm³/mol. The highest BCUT2D eigenvalue weighted by Gasteiger charge is 2.58. The number of carbonyl (C=O) groups is 2. The number of benzene rings is 1. The highest BCUT2D eigenvalue weighted by atomic mass is 16.2. The van der Waals surface area contributed by atoms with Crippen LogP contribution in [0, 0.1) is 11.3 Å². The molecule has 2 aliphatic rings. The van der Waals surface area contributed by atoms with Gasteiger partial charge in [0.1, 0.15) is 5.41 Å². The Morgan fingerprint density at radius 1 is 1.27 bits per heavy atom. The summed E-state index contributed by atoms with van der Waals surface area (Å²) in [7, 11) is 1.59. The van der Waals surface area contributed by atoms with E-state index in [1.54, 1.807) is 7.05 Å². The molecule has 5 nitrogen and oxygen atoms in total. The lowest BCUT2D eigenvalue weighted by Crippen LogP contribution is -2.43. The standard InChI is InChI=1S/C17H23N3O2/c1-19-15(21)17(7-8-17)16(22)20-10-13(9-18)14(11-20)12-5-3-2-4-6-12/h2-6,13-14H,7-11,18H2,1H3,(H,19,21)/t13-,14+/m1/s1. The average Bonchev–Trinajstić information content (AvgIpc) is 3.27. The first-order chi connectivity index (χ1) is 10.6. The van der Waals surface area contributed by atoms with E-state index in [0.29, 0.717) is 32.5 Å². The van der Waals surface area contributed by atoms with Gasteiger partial charge in [-0.3, -0.25) is 9.59 Å². The van der Waals surface area contributed by atoms with Gasteiger partial charge < -0.3 is 16.0 Å². The van der Waals surface area contributed by atoms with Crippen molar-refractivity contribution in [1.82, 2.24) is 10.2 Å². The van der Waals surface area contributed by atoms with E-state index < -0.39 is 5.41 Å². The molecule has 1 aliphatic carbocycles. The number of carbonyl (C=O) groups excluding carboxylic acids is 2. The zero-order valence-corrected chi connectivity index (χ0v) is 12.9. The molecule has 5 heteroatoms. The van der Waals surface area contributed by atoms with Crippen molar-refractivity contribution in [3.63, 3.8) is 0 Å². The van der Waals surface area contributed by atoms with Crippen molar-refractivity contribution >= 4 is 11.8 Å². The molecule has 0 spiro atoms. The van der Waals surface area contributed by atoms with Crippen LogP contribution < -0.4 is 11.1 Å². The Morgan fingerprint density at radius 3 is 2.50 bits per heavy atom. The summed E-state index contributed by atoms with van der Waals surface area (Å²) >= 11 is 0. The van der Waals surface area contributed by atoms with Gasteiger partial charge in [0.15, 0.2) is 0 Å². The Bertz CT molecular complexity index is 569. The summed E-state index contributed by atoms with van der Waals surface area (Å²) in [5, 5.41) is 2.63. The minimum Gasteiger partial charge on any atom is -0.358 e. The summed E-state index contributed by atoms with van der Waals surface area (Å²) in [6.45, 7) is 1.85. The fourth-order valence-electron chi connectivity index (χ4n) is 3.56. The molecule has 2 atom stereocenters. The molecule has 3 rings (SSSR count). The van der Waals surface area contributed by atoms with Gasteiger partial charge in [0.05, 0.1) is 0 Å². The van der Waals surface area contributed by atoms with Crippen LogP contribution in [0.25, 0.3) is 0 Å². The van der Waals surface area contributed by atoms with Crippen molar-refractivity contribution in [2.24, 2.45) is 17.1 Å². The normalized spacial score (nSPS) is 25.8. The van der Waals surface area contributed by atoms with E-state index in [4.69, 9.17) is 5.73 Å². The Kier molecular flexibility index (Phi) is 3.91. The fourth-order valence-corrected chi connectivity index (χ4v) is 3.56. The van der Waals surface area contributed by atoms with Crippen LogP contribution in [0.5, 0.6) is 0 Å². The predicted octanol–water partition coefficient (Wildman–Crippen LogP) is 0.714. The van der Waals surface area contributed by atoms with Crippen molar-refractivity contribution in [2.45, 2.75) is 18.8 Å². The van der Waals surface area contributed by atoms with E-state index >= 15 is 0 Å². The molecule has 22 heavy (non-hydrogen) atoms. The summed E-state index contributed by atoms with van der Waals surface area (Å²) in [5.74, 6) is 0.344. The summed E-state index contributed by atoms with van der Waals surface area (Å²) < 4.78 is 0. The first-order valence-corrected chi connectivity index (χ1v) is 7.89. The van der Waals surface area contributed by atoms with Gasteiger partial charge in [0.2, 0.25) is 11.8 Å². The van der Waals surface area contributed by atoms with Crippen LogP contribution in [0.3, 0.4) is 0 Å². The van der Waals surface area contributed by atoms with Gasteiger partial charge in [0.25, 0.3) is 0 Å². The number of rotatable bonds is 4. The molecule has 0 radical (unpaired) electrons. The highest BCUT2D eigenvalue weighted by Crippen LogP contribution is 2.48. The van der Waals surface area contributed by atoms with Gasteiger partial charge >= 0.3 is 0 Å². The molecule has 1 aromatic rings. The number of hydrogen-bond donors (Lipinski definition) is 2. The van der Waals surface area contributed by atoms with Gasteiger partial charge in [-0.1, -0.05) is 30.3 Å². The molecule has 0 unspecified atom stereocenters. The maximum absolute atomic E-state index is 12.8. The minimum atomic E-state index is -0.806. The summed E-state index contributed by atoms with van der Waals surface area (Å²) in [4.78, 5) is 26.7. The Balaban J connectivity index is 1.77. The molecule has 2 amide bonds. The SMILES string of the molecule is CNC(=O)C1(C(=O)N2C[C@@H](CN)[C@H](c3ccccc3)C2)CC1. The lowest BCUT2D eigenvalue weighted by molar-refractivity contribution is -0.143. The van der Waals surface area contributed by atoms with Crippen LogP contribution in [-0.2, 0) is 9.59 Å². The van der Waals surface area contributed by atoms with Crippen LogP contribution in [0.2, 0.25) is 0 Å². The number of amides is 2. The topological polar surface area (TPSA) is 75.4 Å². The second-order valence-corrected chi connectivity index (χ2v) is 6.38. The van der Waals surface area contributed by atoms with E-state index in [1.807, 2.05) is 23.1 Å². The first-order valence-electron chi connectivity index (χ1n) is 7.89. The molecular formula is C17H23N3O2. The molecule has 118 valence electrons. The van der Waals surface area contributed by atoms with Crippen LogP contribution in [0.1, 0.15) is 24.3 Å². The van der Waals surface area contributed by atoms with E-state index in [1.165, 1.54) is 5.56 Å². The second kappa shape index (κ2) is 5.72. The Hall–Kier alpha value is -1.88. The molecule has 2 fully saturated rings. The molecule has 1 saturated carbocycles. The maximum atomic E-state index is 12.8. The van der Waals surface area contributed by atoms with Crippen molar-refractivity contribution in [3.8, 4) is 0 Å². The molecule has 1 heterocycles. The number of hydrogen-bond acceptors (Lipinski definition) is 3. The summed E-state index contributed by atoms with van der Waals surface area (Å²) in [6.07, 6.45) is 1.32. The van der Waals surface area contributed by atoms with E-state index in [-0.39, 0.29) is 23.7 Å². The number of nitrogens with one attached hydrogen (secondary N) is 1. The second-order valence-electron chi connectivity index (χ2n) is 6.38. The van der Waals surface area contributed by atoms with Crippen LogP contribution in [-0.4, -0.2) is 43.4 Å². The van der Waals surface area contributed by atoms with E-state index in [9.17, 15) is 9.59 Å². The molecule has 1 aromatic carbocycles. The van der Waals surface area contributed by atoms with Crippen LogP contribution in [0.15, 0.2) is 30.3 Å². The van der Waals surface area contributed by atoms with Crippen molar-refractivity contribution in [1.29, 1.82) is 0 Å².